The van der Waals surface area contributed by atoms with Crippen LogP contribution in [-0.2, 0) is 14.9 Å². The molecule has 218 valence electrons. The Kier molecular flexibility index (Phi) is 7.55. The Hall–Kier alpha value is -0.740. The Labute approximate surface area is 228 Å². The predicted molar refractivity (Wildman–Crippen MR) is 142 cm³/mol. The van der Waals surface area contributed by atoms with Gasteiger partial charge in [-0.25, -0.2) is 8.42 Å². The van der Waals surface area contributed by atoms with Gasteiger partial charge < -0.3 is 24.8 Å². The number of fused-ring (bicyclic) bond motifs is 5. The normalized spacial score (nSPS) is 48.0. The standard InChI is InChI=1S/C29H49NO7S/c1-5-19-22-12-17(31)10-11-28(22,3)23-13-24(32)29(4)20(7-8-21(29)26(23)27(19)34)16(2)6-9-25(33)30-14-18(15-30)38(35,36)37/h16-24,26-27,31-32,34H,5-15H2,1-4H3,(H,35,36,37)/p-1/t16-,17-,19-,20-,21+,22+,23+,24+,26+,27-,28+,29-/m1/s1. The summed E-state index contributed by atoms with van der Waals surface area (Å²) in [6, 6.07) is 0. The molecular weight excluding hydrogens is 506 g/mol. The van der Waals surface area contributed by atoms with Crippen LogP contribution in [0, 0.1) is 52.3 Å². The maximum Gasteiger partial charge on any atom is 0.222 e. The maximum atomic E-state index is 12.7. The largest absolute Gasteiger partial charge is 0.748 e. The minimum Gasteiger partial charge on any atom is -0.748 e. The molecule has 38 heavy (non-hydrogen) atoms. The van der Waals surface area contributed by atoms with E-state index in [4.69, 9.17) is 0 Å². The fraction of sp³-hybridized carbons (Fsp3) is 0.966. The molecule has 0 aromatic carbocycles. The Morgan fingerprint density at radius 2 is 1.74 bits per heavy atom. The quantitative estimate of drug-likeness (QED) is 0.429. The average Bonchev–Trinajstić information content (AvgIpc) is 3.16. The Balaban J connectivity index is 1.30. The SMILES string of the molecule is CC[C@H]1[C@@H](O)[C@@H]2[C@H](C[C@H](O)[C@]3(C)[C@@H]([C@H](C)CCC(=O)N4CC(S(=O)(=O)[O-])C4)CC[C@@H]23)[C@@]2(C)CC[C@@H](O)C[C@@H]12. The van der Waals surface area contributed by atoms with Crippen LogP contribution in [0.25, 0.3) is 0 Å². The Morgan fingerprint density at radius 1 is 1.05 bits per heavy atom. The second kappa shape index (κ2) is 9.97. The molecule has 5 rings (SSSR count). The smallest absolute Gasteiger partial charge is 0.222 e. The van der Waals surface area contributed by atoms with Crippen molar-refractivity contribution in [1.29, 1.82) is 0 Å². The molecule has 4 aliphatic carbocycles. The van der Waals surface area contributed by atoms with Gasteiger partial charge in [0.1, 0.15) is 10.1 Å². The van der Waals surface area contributed by atoms with E-state index in [1.54, 1.807) is 0 Å². The van der Waals surface area contributed by atoms with Crippen LogP contribution in [0.15, 0.2) is 0 Å². The highest BCUT2D eigenvalue weighted by Gasteiger charge is 2.67. The maximum absolute atomic E-state index is 12.7. The number of carbonyl (C=O) groups is 1. The molecule has 1 heterocycles. The van der Waals surface area contributed by atoms with Gasteiger partial charge >= 0.3 is 0 Å². The molecule has 5 fully saturated rings. The number of hydrogen-bond donors (Lipinski definition) is 3. The van der Waals surface area contributed by atoms with Crippen molar-refractivity contribution in [1.82, 2.24) is 4.90 Å². The molecule has 3 N–H and O–H groups in total. The monoisotopic (exact) mass is 554 g/mol. The van der Waals surface area contributed by atoms with Gasteiger partial charge in [0.25, 0.3) is 0 Å². The Morgan fingerprint density at radius 3 is 2.37 bits per heavy atom. The zero-order chi connectivity index (χ0) is 27.8. The molecular formula is C29H48NO7S-. The van der Waals surface area contributed by atoms with Gasteiger partial charge in [0.15, 0.2) is 0 Å². The van der Waals surface area contributed by atoms with Gasteiger partial charge in [-0.15, -0.1) is 0 Å². The zero-order valence-corrected chi connectivity index (χ0v) is 24.3. The van der Waals surface area contributed by atoms with Crippen molar-refractivity contribution >= 4 is 16.0 Å². The lowest BCUT2D eigenvalue weighted by atomic mass is 9.41. The first-order valence-corrected chi connectivity index (χ1v) is 16.5. The highest BCUT2D eigenvalue weighted by molar-refractivity contribution is 7.86. The zero-order valence-electron chi connectivity index (χ0n) is 23.5. The van der Waals surface area contributed by atoms with Gasteiger partial charge in [-0.05, 0) is 97.2 Å². The van der Waals surface area contributed by atoms with Crippen molar-refractivity contribution in [2.75, 3.05) is 13.1 Å². The summed E-state index contributed by atoms with van der Waals surface area (Å²) in [6.45, 7) is 8.91. The van der Waals surface area contributed by atoms with Crippen molar-refractivity contribution in [2.24, 2.45) is 52.3 Å². The number of rotatable bonds is 6. The van der Waals surface area contributed by atoms with Crippen molar-refractivity contribution in [3.05, 3.63) is 0 Å². The lowest BCUT2D eigenvalue weighted by Gasteiger charge is -2.65. The van der Waals surface area contributed by atoms with Gasteiger partial charge in [0, 0.05) is 19.5 Å². The van der Waals surface area contributed by atoms with Crippen molar-refractivity contribution < 1.29 is 33.1 Å². The molecule has 0 aromatic rings. The van der Waals surface area contributed by atoms with Gasteiger partial charge in [-0.1, -0.05) is 34.1 Å². The average molecular weight is 555 g/mol. The molecule has 1 amide bonds. The van der Waals surface area contributed by atoms with E-state index < -0.39 is 27.6 Å². The molecule has 0 bridgehead atoms. The summed E-state index contributed by atoms with van der Waals surface area (Å²) in [6.07, 6.45) is 5.83. The third-order valence-electron chi connectivity index (χ3n) is 12.7. The summed E-state index contributed by atoms with van der Waals surface area (Å²) in [7, 11) is -4.34. The number of nitrogens with zero attached hydrogens (tertiary/aromatic N) is 1. The number of hydrogen-bond acceptors (Lipinski definition) is 7. The number of carbonyl (C=O) groups excluding carboxylic acids is 1. The molecule has 5 aliphatic rings. The van der Waals surface area contributed by atoms with Crippen LogP contribution in [0.3, 0.4) is 0 Å². The topological polar surface area (TPSA) is 138 Å². The lowest BCUT2D eigenvalue weighted by Crippen LogP contribution is -2.65. The van der Waals surface area contributed by atoms with Gasteiger partial charge in [0.05, 0.1) is 23.6 Å². The number of likely N-dealkylation sites (tertiary alicyclic amines) is 1. The van der Waals surface area contributed by atoms with Crippen molar-refractivity contribution in [3.63, 3.8) is 0 Å². The molecule has 0 spiro atoms. The van der Waals surface area contributed by atoms with E-state index >= 15 is 0 Å². The number of aliphatic hydroxyl groups excluding tert-OH is 3. The molecule has 1 aliphatic heterocycles. The highest BCUT2D eigenvalue weighted by atomic mass is 32.2. The fourth-order valence-corrected chi connectivity index (χ4v) is 11.1. The minimum atomic E-state index is -4.34. The molecule has 0 radical (unpaired) electrons. The Bertz CT molecular complexity index is 1010. The summed E-state index contributed by atoms with van der Waals surface area (Å²) >= 11 is 0. The van der Waals surface area contributed by atoms with Crippen LogP contribution in [0.2, 0.25) is 0 Å². The molecule has 8 nitrogen and oxygen atoms in total. The van der Waals surface area contributed by atoms with Gasteiger partial charge in [-0.3, -0.25) is 4.79 Å². The van der Waals surface area contributed by atoms with Crippen LogP contribution < -0.4 is 0 Å². The van der Waals surface area contributed by atoms with Crippen molar-refractivity contribution in [2.45, 2.75) is 109 Å². The first-order chi connectivity index (χ1) is 17.7. The van der Waals surface area contributed by atoms with E-state index in [0.717, 1.165) is 38.5 Å². The van der Waals surface area contributed by atoms with Crippen LogP contribution in [0.1, 0.15) is 85.5 Å². The first-order valence-electron chi connectivity index (χ1n) is 15.0. The van der Waals surface area contributed by atoms with Crippen molar-refractivity contribution in [3.8, 4) is 0 Å². The summed E-state index contributed by atoms with van der Waals surface area (Å²) in [4.78, 5) is 14.1. The summed E-state index contributed by atoms with van der Waals surface area (Å²) in [5, 5.41) is 33.1. The molecule has 4 saturated carbocycles. The highest BCUT2D eigenvalue weighted by Crippen LogP contribution is 2.69. The van der Waals surface area contributed by atoms with Gasteiger partial charge in [0.2, 0.25) is 5.91 Å². The second-order valence-electron chi connectivity index (χ2n) is 14.1. The molecule has 12 atom stereocenters. The molecule has 0 aromatic heterocycles. The van der Waals surface area contributed by atoms with E-state index in [1.165, 1.54) is 4.90 Å². The van der Waals surface area contributed by atoms with E-state index in [0.29, 0.717) is 19.3 Å². The summed E-state index contributed by atoms with van der Waals surface area (Å²) in [5.41, 5.74) is -0.298. The summed E-state index contributed by atoms with van der Waals surface area (Å²) < 4.78 is 33.5. The third kappa shape index (κ3) is 4.38. The van der Waals surface area contributed by atoms with E-state index in [2.05, 4.69) is 27.7 Å². The van der Waals surface area contributed by atoms with Crippen LogP contribution in [0.5, 0.6) is 0 Å². The van der Waals surface area contributed by atoms with Crippen LogP contribution in [0.4, 0.5) is 0 Å². The summed E-state index contributed by atoms with van der Waals surface area (Å²) in [5.74, 6) is 1.42. The van der Waals surface area contributed by atoms with Crippen LogP contribution >= 0.6 is 0 Å². The molecule has 1 saturated heterocycles. The number of amides is 1. The van der Waals surface area contributed by atoms with E-state index in [1.807, 2.05) is 0 Å². The minimum absolute atomic E-state index is 0.00266. The first kappa shape index (κ1) is 28.8. The molecule has 0 unspecified atom stereocenters. The van der Waals surface area contributed by atoms with E-state index in [-0.39, 0.29) is 77.4 Å². The van der Waals surface area contributed by atoms with E-state index in [9.17, 15) is 33.1 Å². The predicted octanol–water partition coefficient (Wildman–Crippen LogP) is 2.76. The molecule has 9 heteroatoms. The lowest BCUT2D eigenvalue weighted by molar-refractivity contribution is -0.228. The third-order valence-corrected chi connectivity index (χ3v) is 13.8. The second-order valence-corrected chi connectivity index (χ2v) is 15.8. The fourth-order valence-electron chi connectivity index (χ4n) is 10.4. The van der Waals surface area contributed by atoms with Crippen LogP contribution in [-0.4, -0.2) is 75.7 Å². The number of aliphatic hydroxyl groups is 3. The van der Waals surface area contributed by atoms with Gasteiger partial charge in [-0.2, -0.15) is 0 Å².